The Bertz CT molecular complexity index is 1420. The highest BCUT2D eigenvalue weighted by molar-refractivity contribution is 7.98. The Morgan fingerprint density at radius 1 is 1.16 bits per heavy atom. The zero-order valence-electron chi connectivity index (χ0n) is 17.2. The summed E-state index contributed by atoms with van der Waals surface area (Å²) in [5, 5.41) is 13.8. The lowest BCUT2D eigenvalue weighted by molar-refractivity contribution is 0.728. The summed E-state index contributed by atoms with van der Waals surface area (Å²) < 4.78 is 1.51. The minimum absolute atomic E-state index is 0.0836. The van der Waals surface area contributed by atoms with Gasteiger partial charge in [-0.05, 0) is 37.4 Å². The molecule has 1 atom stereocenters. The van der Waals surface area contributed by atoms with E-state index in [1.807, 2.05) is 49.6 Å². The zero-order valence-corrected chi connectivity index (χ0v) is 18.8. The average molecular weight is 464 g/mol. The molecule has 0 aliphatic rings. The maximum atomic E-state index is 13.5. The van der Waals surface area contributed by atoms with Gasteiger partial charge in [0.2, 0.25) is 0 Å². The third kappa shape index (κ3) is 3.86. The molecule has 2 heterocycles. The van der Waals surface area contributed by atoms with Crippen LogP contribution in [0.15, 0.2) is 58.5 Å². The Kier molecular flexibility index (Phi) is 5.99. The third-order valence-corrected chi connectivity index (χ3v) is 5.70. The number of thioether (sulfide) groups is 1. The van der Waals surface area contributed by atoms with Crippen LogP contribution in [0, 0.1) is 11.3 Å². The molecular weight excluding hydrogens is 446 g/mol. The van der Waals surface area contributed by atoms with Crippen molar-refractivity contribution in [2.75, 3.05) is 17.3 Å². The highest BCUT2D eigenvalue weighted by Gasteiger charge is 2.21. The Morgan fingerprint density at radius 3 is 2.59 bits per heavy atom. The molecule has 4 rings (SSSR count). The van der Waals surface area contributed by atoms with E-state index < -0.39 is 6.04 Å². The SMILES string of the molecule is CSc1nc(N)c(C#N)c(NC(C)c2nc3cccc(Cl)c3c(=O)n2-c2ccccc2)n1. The number of benzene rings is 2. The molecule has 3 N–H and O–H groups in total. The molecule has 1 unspecified atom stereocenters. The zero-order chi connectivity index (χ0) is 22.8. The fourth-order valence-corrected chi connectivity index (χ4v) is 3.98. The molecule has 0 bridgehead atoms. The van der Waals surface area contributed by atoms with Crippen LogP contribution >= 0.6 is 23.4 Å². The summed E-state index contributed by atoms with van der Waals surface area (Å²) in [6.07, 6.45) is 1.82. The molecule has 160 valence electrons. The molecule has 32 heavy (non-hydrogen) atoms. The molecule has 8 nitrogen and oxygen atoms in total. The lowest BCUT2D eigenvalue weighted by Crippen LogP contribution is -2.27. The Morgan fingerprint density at radius 2 is 1.91 bits per heavy atom. The quantitative estimate of drug-likeness (QED) is 0.334. The van der Waals surface area contributed by atoms with E-state index in [1.54, 1.807) is 18.2 Å². The second kappa shape index (κ2) is 8.86. The van der Waals surface area contributed by atoms with Gasteiger partial charge < -0.3 is 11.1 Å². The van der Waals surface area contributed by atoms with Crippen LogP contribution in [0.3, 0.4) is 0 Å². The monoisotopic (exact) mass is 463 g/mol. The van der Waals surface area contributed by atoms with Crippen molar-refractivity contribution in [1.29, 1.82) is 5.26 Å². The number of hydrogen-bond acceptors (Lipinski definition) is 8. The molecule has 0 fully saturated rings. The molecular formula is C22H18ClN7OS. The van der Waals surface area contributed by atoms with E-state index in [-0.39, 0.29) is 22.8 Å². The van der Waals surface area contributed by atoms with Gasteiger partial charge >= 0.3 is 0 Å². The summed E-state index contributed by atoms with van der Waals surface area (Å²) in [5.74, 6) is 0.792. The van der Waals surface area contributed by atoms with Gasteiger partial charge in [-0.15, -0.1) is 0 Å². The van der Waals surface area contributed by atoms with Crippen molar-refractivity contribution in [2.45, 2.75) is 18.1 Å². The third-order valence-electron chi connectivity index (χ3n) is 4.84. The van der Waals surface area contributed by atoms with Gasteiger partial charge in [-0.1, -0.05) is 47.6 Å². The molecule has 0 aliphatic heterocycles. The molecule has 10 heteroatoms. The van der Waals surface area contributed by atoms with E-state index in [0.29, 0.717) is 32.6 Å². The van der Waals surface area contributed by atoms with E-state index in [9.17, 15) is 10.1 Å². The summed E-state index contributed by atoms with van der Waals surface area (Å²) in [4.78, 5) is 26.8. The number of aromatic nitrogens is 4. The number of nitrogens with two attached hydrogens (primary N) is 1. The van der Waals surface area contributed by atoms with Gasteiger partial charge in [-0.3, -0.25) is 9.36 Å². The maximum Gasteiger partial charge on any atom is 0.267 e. The first-order valence-corrected chi connectivity index (χ1v) is 11.2. The van der Waals surface area contributed by atoms with E-state index in [2.05, 4.69) is 15.3 Å². The van der Waals surface area contributed by atoms with E-state index in [0.717, 1.165) is 0 Å². The van der Waals surface area contributed by atoms with E-state index in [4.69, 9.17) is 22.3 Å². The van der Waals surface area contributed by atoms with Crippen LogP contribution in [0.25, 0.3) is 16.6 Å². The predicted octanol–water partition coefficient (Wildman–Crippen LogP) is 4.18. The first-order chi connectivity index (χ1) is 15.4. The minimum atomic E-state index is -0.512. The molecule has 0 radical (unpaired) electrons. The fourth-order valence-electron chi connectivity index (χ4n) is 3.36. The van der Waals surface area contributed by atoms with Crippen molar-refractivity contribution in [3.63, 3.8) is 0 Å². The van der Waals surface area contributed by atoms with Crippen LogP contribution in [0.5, 0.6) is 0 Å². The Hall–Kier alpha value is -3.61. The number of nitrogen functional groups attached to an aromatic ring is 1. The van der Waals surface area contributed by atoms with Gasteiger partial charge in [0, 0.05) is 0 Å². The number of halogens is 1. The molecule has 0 saturated heterocycles. The standard InChI is InChI=1S/C22H18ClN7OS/c1-12(26-19-14(11-24)18(25)28-22(29-19)32-2)20-27-16-10-6-9-15(23)17(16)21(31)30(20)13-7-4-3-5-8-13/h3-10,12H,1-2H3,(H3,25,26,28,29). The first-order valence-electron chi connectivity index (χ1n) is 9.59. The highest BCUT2D eigenvalue weighted by atomic mass is 35.5. The molecule has 0 spiro atoms. The number of anilines is 2. The van der Waals surface area contributed by atoms with Crippen LogP contribution < -0.4 is 16.6 Å². The highest BCUT2D eigenvalue weighted by Crippen LogP contribution is 2.27. The average Bonchev–Trinajstić information content (AvgIpc) is 2.79. The lowest BCUT2D eigenvalue weighted by Gasteiger charge is -2.21. The summed E-state index contributed by atoms with van der Waals surface area (Å²) in [6.45, 7) is 1.83. The van der Waals surface area contributed by atoms with Crippen LogP contribution in [-0.2, 0) is 0 Å². The summed E-state index contributed by atoms with van der Waals surface area (Å²) >= 11 is 7.64. The second-order valence-corrected chi connectivity index (χ2v) is 8.06. The number of rotatable bonds is 5. The Balaban J connectivity index is 1.92. The van der Waals surface area contributed by atoms with Crippen LogP contribution in [-0.4, -0.2) is 25.8 Å². The number of nitriles is 1. The van der Waals surface area contributed by atoms with E-state index in [1.165, 1.54) is 16.3 Å². The molecule has 2 aromatic heterocycles. The van der Waals surface area contributed by atoms with Crippen molar-refractivity contribution in [3.05, 3.63) is 75.3 Å². The predicted molar refractivity (Wildman–Crippen MR) is 127 cm³/mol. The normalized spacial score (nSPS) is 11.8. The van der Waals surface area contributed by atoms with Crippen molar-refractivity contribution < 1.29 is 0 Å². The van der Waals surface area contributed by atoms with Crippen LogP contribution in [0.4, 0.5) is 11.6 Å². The Labute approximate surface area is 193 Å². The number of nitrogens with one attached hydrogen (secondary N) is 1. The van der Waals surface area contributed by atoms with Crippen molar-refractivity contribution >= 4 is 45.9 Å². The van der Waals surface area contributed by atoms with Crippen molar-refractivity contribution in [1.82, 2.24) is 19.5 Å². The largest absolute Gasteiger partial charge is 0.382 e. The number of fused-ring (bicyclic) bond motifs is 1. The molecule has 2 aromatic carbocycles. The summed E-state index contributed by atoms with van der Waals surface area (Å²) in [7, 11) is 0. The van der Waals surface area contributed by atoms with Gasteiger partial charge in [0.1, 0.15) is 23.3 Å². The molecule has 0 amide bonds. The number of para-hydroxylation sites is 1. The topological polar surface area (TPSA) is 123 Å². The van der Waals surface area contributed by atoms with Crippen molar-refractivity contribution in [2.24, 2.45) is 0 Å². The molecule has 0 aliphatic carbocycles. The van der Waals surface area contributed by atoms with Crippen LogP contribution in [0.2, 0.25) is 5.02 Å². The van der Waals surface area contributed by atoms with Gasteiger partial charge in [0.15, 0.2) is 11.0 Å². The smallest absolute Gasteiger partial charge is 0.267 e. The maximum absolute atomic E-state index is 13.5. The first kappa shape index (κ1) is 21.6. The van der Waals surface area contributed by atoms with Gasteiger partial charge in [0.05, 0.1) is 27.7 Å². The minimum Gasteiger partial charge on any atom is -0.382 e. The van der Waals surface area contributed by atoms with Gasteiger partial charge in [-0.2, -0.15) is 5.26 Å². The summed E-state index contributed by atoms with van der Waals surface area (Å²) in [6, 6.07) is 15.8. The summed E-state index contributed by atoms with van der Waals surface area (Å²) in [5.41, 5.74) is 6.91. The van der Waals surface area contributed by atoms with E-state index >= 15 is 0 Å². The lowest BCUT2D eigenvalue weighted by atomic mass is 10.2. The van der Waals surface area contributed by atoms with Crippen molar-refractivity contribution in [3.8, 4) is 11.8 Å². The fraction of sp³-hybridized carbons (Fsp3) is 0.136. The molecule has 0 saturated carbocycles. The number of hydrogen-bond donors (Lipinski definition) is 2. The number of nitrogens with zero attached hydrogens (tertiary/aromatic N) is 5. The van der Waals surface area contributed by atoms with Gasteiger partial charge in [0.25, 0.3) is 5.56 Å². The molecule has 4 aromatic rings. The van der Waals surface area contributed by atoms with Crippen LogP contribution in [0.1, 0.15) is 24.4 Å². The van der Waals surface area contributed by atoms with Gasteiger partial charge in [-0.25, -0.2) is 15.0 Å². The second-order valence-electron chi connectivity index (χ2n) is 6.88.